The molecule has 0 bridgehead atoms. The van der Waals surface area contributed by atoms with Crippen LogP contribution in [-0.2, 0) is 0 Å². The van der Waals surface area contributed by atoms with Crippen LogP contribution >= 0.6 is 0 Å². The van der Waals surface area contributed by atoms with Crippen molar-refractivity contribution in [1.82, 2.24) is 0 Å². The summed E-state index contributed by atoms with van der Waals surface area (Å²) in [7, 11) is 0. The van der Waals surface area contributed by atoms with Crippen molar-refractivity contribution in [2.75, 3.05) is 0 Å². The zero-order chi connectivity index (χ0) is 8.20. The summed E-state index contributed by atoms with van der Waals surface area (Å²) in [5.41, 5.74) is 9.54. The monoisotopic (exact) mass is 148 g/mol. The van der Waals surface area contributed by atoms with Gasteiger partial charge in [-0.25, -0.2) is 8.78 Å². The summed E-state index contributed by atoms with van der Waals surface area (Å²) in [6, 6.07) is 0. The van der Waals surface area contributed by atoms with Crippen LogP contribution in [0.2, 0.25) is 0 Å². The molecule has 0 rings (SSSR count). The van der Waals surface area contributed by atoms with Crippen LogP contribution in [0.5, 0.6) is 0 Å². The molecule has 0 heterocycles. The van der Waals surface area contributed by atoms with Gasteiger partial charge in [0.2, 0.25) is 0 Å². The summed E-state index contributed by atoms with van der Waals surface area (Å²) in [6.07, 6.45) is 2.72. The molecule has 0 aromatic carbocycles. The van der Waals surface area contributed by atoms with Crippen molar-refractivity contribution in [2.45, 2.75) is 24.9 Å². The van der Waals surface area contributed by atoms with Gasteiger partial charge in [0.05, 0.1) is 0 Å². The number of halogens is 2. The topological polar surface area (TPSA) is 52.0 Å². The maximum absolute atomic E-state index is 12.4. The summed E-state index contributed by atoms with van der Waals surface area (Å²) >= 11 is 0. The van der Waals surface area contributed by atoms with Crippen LogP contribution in [0.15, 0.2) is 0 Å². The minimum atomic E-state index is -3.04. The van der Waals surface area contributed by atoms with E-state index in [-0.39, 0.29) is 6.42 Å². The first-order valence-corrected chi connectivity index (χ1v) is 2.83. The highest BCUT2D eigenvalue weighted by Crippen LogP contribution is 2.20. The van der Waals surface area contributed by atoms with Crippen LogP contribution in [0.1, 0.15) is 12.8 Å². The predicted molar refractivity (Wildman–Crippen MR) is 35.2 cm³/mol. The summed E-state index contributed by atoms with van der Waals surface area (Å²) in [5, 5.41) is 0. The minimum Gasteiger partial charge on any atom is -0.311 e. The van der Waals surface area contributed by atoms with E-state index in [1.54, 1.807) is 0 Å². The normalized spacial score (nSPS) is 11.6. The number of rotatable bonds is 3. The molecule has 4 heteroatoms. The Labute approximate surface area is 58.6 Å². The second kappa shape index (κ2) is 3.49. The Balaban J connectivity index is 3.77. The Morgan fingerprint density at radius 1 is 1.50 bits per heavy atom. The number of terminal acetylenes is 1. The van der Waals surface area contributed by atoms with E-state index in [0.717, 1.165) is 0 Å². The molecule has 0 saturated carbocycles. The molecular weight excluding hydrogens is 138 g/mol. The fourth-order valence-electron chi connectivity index (χ4n) is 0.405. The SMILES string of the molecule is C#CCCC(F)(F)C(N)N. The van der Waals surface area contributed by atoms with Gasteiger partial charge in [0.25, 0.3) is 5.92 Å². The smallest absolute Gasteiger partial charge is 0.276 e. The standard InChI is InChI=1S/C6H10F2N2/c1-2-3-4-6(7,8)5(9)10/h1,5H,3-4,9-10H2. The van der Waals surface area contributed by atoms with Gasteiger partial charge in [0.1, 0.15) is 6.17 Å². The molecule has 10 heavy (non-hydrogen) atoms. The Morgan fingerprint density at radius 2 is 2.00 bits per heavy atom. The minimum absolute atomic E-state index is 0.00208. The van der Waals surface area contributed by atoms with Crippen molar-refractivity contribution >= 4 is 0 Å². The average Bonchev–Trinajstić information content (AvgIpc) is 1.84. The third-order valence-electron chi connectivity index (χ3n) is 1.09. The van der Waals surface area contributed by atoms with Crippen LogP contribution in [0.25, 0.3) is 0 Å². The molecule has 0 fully saturated rings. The Bertz CT molecular complexity index is 137. The molecule has 0 radical (unpaired) electrons. The van der Waals surface area contributed by atoms with Crippen molar-refractivity contribution < 1.29 is 8.78 Å². The molecule has 0 spiro atoms. The Kier molecular flexibility index (Phi) is 3.26. The van der Waals surface area contributed by atoms with Crippen molar-refractivity contribution in [3.8, 4) is 12.3 Å². The van der Waals surface area contributed by atoms with E-state index in [0.29, 0.717) is 0 Å². The van der Waals surface area contributed by atoms with E-state index in [4.69, 9.17) is 17.9 Å². The highest BCUT2D eigenvalue weighted by Gasteiger charge is 2.33. The molecule has 0 saturated heterocycles. The number of alkyl halides is 2. The summed E-state index contributed by atoms with van der Waals surface area (Å²) < 4.78 is 24.8. The molecule has 0 amide bonds. The first-order valence-electron chi connectivity index (χ1n) is 2.83. The fraction of sp³-hybridized carbons (Fsp3) is 0.667. The van der Waals surface area contributed by atoms with E-state index in [1.165, 1.54) is 0 Å². The van der Waals surface area contributed by atoms with E-state index < -0.39 is 18.5 Å². The summed E-state index contributed by atoms with van der Waals surface area (Å²) in [6.45, 7) is 0. The molecule has 0 aromatic heterocycles. The Morgan fingerprint density at radius 3 is 2.30 bits per heavy atom. The molecule has 4 N–H and O–H groups in total. The van der Waals surface area contributed by atoms with Crippen molar-refractivity contribution in [3.05, 3.63) is 0 Å². The van der Waals surface area contributed by atoms with Crippen molar-refractivity contribution in [2.24, 2.45) is 11.5 Å². The molecule has 0 aliphatic heterocycles. The van der Waals surface area contributed by atoms with Gasteiger partial charge in [-0.1, -0.05) is 0 Å². The van der Waals surface area contributed by atoms with Gasteiger partial charge in [-0.3, -0.25) is 0 Å². The van der Waals surface area contributed by atoms with Gasteiger partial charge in [-0.15, -0.1) is 12.3 Å². The molecule has 0 atom stereocenters. The van der Waals surface area contributed by atoms with Gasteiger partial charge < -0.3 is 11.5 Å². The third kappa shape index (κ3) is 2.76. The van der Waals surface area contributed by atoms with Crippen LogP contribution < -0.4 is 11.5 Å². The number of hydrogen-bond acceptors (Lipinski definition) is 2. The molecule has 0 unspecified atom stereocenters. The third-order valence-corrected chi connectivity index (χ3v) is 1.09. The van der Waals surface area contributed by atoms with Gasteiger partial charge in [0.15, 0.2) is 0 Å². The van der Waals surface area contributed by atoms with Crippen LogP contribution in [-0.4, -0.2) is 12.1 Å². The van der Waals surface area contributed by atoms with Crippen molar-refractivity contribution in [3.63, 3.8) is 0 Å². The van der Waals surface area contributed by atoms with Gasteiger partial charge >= 0.3 is 0 Å². The highest BCUT2D eigenvalue weighted by molar-refractivity contribution is 4.87. The number of hydrogen-bond donors (Lipinski definition) is 2. The summed E-state index contributed by atoms with van der Waals surface area (Å²) in [5.74, 6) is -0.948. The lowest BCUT2D eigenvalue weighted by Gasteiger charge is -2.18. The average molecular weight is 148 g/mol. The quantitative estimate of drug-likeness (QED) is 0.446. The van der Waals surface area contributed by atoms with E-state index >= 15 is 0 Å². The molecule has 0 aliphatic carbocycles. The van der Waals surface area contributed by atoms with E-state index in [1.807, 2.05) is 0 Å². The zero-order valence-electron chi connectivity index (χ0n) is 5.48. The maximum Gasteiger partial charge on any atom is 0.276 e. The second-order valence-electron chi connectivity index (χ2n) is 1.99. The lowest BCUT2D eigenvalue weighted by atomic mass is 10.1. The molecule has 0 aromatic rings. The lowest BCUT2D eigenvalue weighted by molar-refractivity contribution is -0.0298. The highest BCUT2D eigenvalue weighted by atomic mass is 19.3. The first kappa shape index (κ1) is 9.34. The Hall–Kier alpha value is -0.660. The maximum atomic E-state index is 12.4. The fourth-order valence-corrected chi connectivity index (χ4v) is 0.405. The lowest BCUT2D eigenvalue weighted by Crippen LogP contribution is -2.47. The van der Waals surface area contributed by atoms with Crippen molar-refractivity contribution in [1.29, 1.82) is 0 Å². The molecule has 0 aliphatic rings. The first-order chi connectivity index (χ1) is 4.50. The molecular formula is C6H10F2N2. The zero-order valence-corrected chi connectivity index (χ0v) is 5.48. The molecule has 58 valence electrons. The van der Waals surface area contributed by atoms with Gasteiger partial charge in [-0.05, 0) is 0 Å². The largest absolute Gasteiger partial charge is 0.311 e. The molecule has 2 nitrogen and oxygen atoms in total. The van der Waals surface area contributed by atoms with E-state index in [2.05, 4.69) is 5.92 Å². The summed E-state index contributed by atoms with van der Waals surface area (Å²) in [4.78, 5) is 0. The second-order valence-corrected chi connectivity index (χ2v) is 1.99. The van der Waals surface area contributed by atoms with Crippen LogP contribution in [0.3, 0.4) is 0 Å². The predicted octanol–water partition coefficient (Wildman–Crippen LogP) is 0.279. The van der Waals surface area contributed by atoms with Gasteiger partial charge in [-0.2, -0.15) is 0 Å². The van der Waals surface area contributed by atoms with Crippen LogP contribution in [0, 0.1) is 12.3 Å². The number of nitrogens with two attached hydrogens (primary N) is 2. The van der Waals surface area contributed by atoms with E-state index in [9.17, 15) is 8.78 Å². The van der Waals surface area contributed by atoms with Gasteiger partial charge in [0, 0.05) is 12.8 Å². The van der Waals surface area contributed by atoms with Crippen LogP contribution in [0.4, 0.5) is 8.78 Å².